The number of rotatable bonds is 1. The summed E-state index contributed by atoms with van der Waals surface area (Å²) in [5.41, 5.74) is -1.11. The van der Waals surface area contributed by atoms with Gasteiger partial charge >= 0.3 is 6.18 Å². The summed E-state index contributed by atoms with van der Waals surface area (Å²) in [6, 6.07) is 0.839. The van der Waals surface area contributed by atoms with E-state index in [0.717, 1.165) is 23.6 Å². The maximum Gasteiger partial charge on any atom is 0.418 e. The van der Waals surface area contributed by atoms with Crippen molar-refractivity contribution in [1.29, 1.82) is 0 Å². The minimum Gasteiger partial charge on any atom is -0.252 e. The SMILES string of the molecule is FC(F)(F)c1cc(Cl)cnc1-c1n[c]cs1. The Labute approximate surface area is 97.7 Å². The molecule has 0 unspecified atom stereocenters. The number of aromatic nitrogens is 2. The molecule has 1 radical (unpaired) electrons. The summed E-state index contributed by atoms with van der Waals surface area (Å²) >= 11 is 6.54. The Morgan fingerprint density at radius 1 is 1.38 bits per heavy atom. The zero-order valence-electron chi connectivity index (χ0n) is 7.55. The van der Waals surface area contributed by atoms with Gasteiger partial charge in [0.25, 0.3) is 0 Å². The molecule has 2 aromatic rings. The molecule has 0 aliphatic heterocycles. The molecule has 0 aromatic carbocycles. The van der Waals surface area contributed by atoms with E-state index in [1.165, 1.54) is 5.38 Å². The normalized spacial score (nSPS) is 11.8. The summed E-state index contributed by atoms with van der Waals surface area (Å²) in [6.07, 6.45) is -0.891. The first kappa shape index (κ1) is 11.3. The van der Waals surface area contributed by atoms with Crippen molar-refractivity contribution in [3.05, 3.63) is 34.4 Å². The van der Waals surface area contributed by atoms with E-state index >= 15 is 0 Å². The van der Waals surface area contributed by atoms with Crippen LogP contribution in [0.15, 0.2) is 17.6 Å². The molecule has 16 heavy (non-hydrogen) atoms. The van der Waals surface area contributed by atoms with Crippen LogP contribution in [0, 0.1) is 6.20 Å². The first-order chi connectivity index (χ1) is 7.48. The maximum absolute atomic E-state index is 12.7. The number of thiazole rings is 1. The highest BCUT2D eigenvalue weighted by atomic mass is 35.5. The molecule has 0 saturated carbocycles. The molecule has 0 aliphatic rings. The average Bonchev–Trinajstić information content (AvgIpc) is 2.69. The summed E-state index contributed by atoms with van der Waals surface area (Å²) in [5, 5.41) is 1.58. The number of alkyl halides is 3. The zero-order chi connectivity index (χ0) is 11.8. The topological polar surface area (TPSA) is 25.8 Å². The van der Waals surface area contributed by atoms with E-state index in [2.05, 4.69) is 16.2 Å². The lowest BCUT2D eigenvalue weighted by Crippen LogP contribution is -2.08. The van der Waals surface area contributed by atoms with Crippen LogP contribution < -0.4 is 0 Å². The maximum atomic E-state index is 12.7. The standard InChI is InChI=1S/C9H3ClF3N2S/c10-5-3-6(9(11,12)13)7(15-4-5)8-14-1-2-16-8/h2-4H. The molecule has 83 valence electrons. The molecule has 2 aromatic heterocycles. The number of hydrogen-bond acceptors (Lipinski definition) is 3. The predicted octanol–water partition coefficient (Wildman–Crippen LogP) is 3.68. The third-order valence-corrected chi connectivity index (χ3v) is 2.69. The third kappa shape index (κ3) is 2.17. The highest BCUT2D eigenvalue weighted by Gasteiger charge is 2.35. The first-order valence-corrected chi connectivity index (χ1v) is 5.29. The lowest BCUT2D eigenvalue weighted by atomic mass is 10.2. The van der Waals surface area contributed by atoms with Crippen LogP contribution >= 0.6 is 22.9 Å². The van der Waals surface area contributed by atoms with E-state index in [0.29, 0.717) is 0 Å². The van der Waals surface area contributed by atoms with Crippen LogP contribution in [0.2, 0.25) is 5.02 Å². The van der Waals surface area contributed by atoms with Crippen LogP contribution in [-0.2, 0) is 6.18 Å². The van der Waals surface area contributed by atoms with Crippen molar-refractivity contribution in [2.75, 3.05) is 0 Å². The van der Waals surface area contributed by atoms with Gasteiger partial charge in [-0.15, -0.1) is 11.3 Å². The molecule has 0 bridgehead atoms. The van der Waals surface area contributed by atoms with Crippen molar-refractivity contribution in [2.24, 2.45) is 0 Å². The number of halogens is 4. The van der Waals surface area contributed by atoms with Gasteiger partial charge in [0.2, 0.25) is 0 Å². The Hall–Kier alpha value is -1.14. The van der Waals surface area contributed by atoms with Gasteiger partial charge < -0.3 is 0 Å². The number of hydrogen-bond donors (Lipinski definition) is 0. The fourth-order valence-electron chi connectivity index (χ4n) is 1.13. The molecule has 2 heterocycles. The molecule has 0 N–H and O–H groups in total. The van der Waals surface area contributed by atoms with Gasteiger partial charge in [-0.1, -0.05) is 11.6 Å². The molecule has 0 aliphatic carbocycles. The molecule has 2 rings (SSSR count). The largest absolute Gasteiger partial charge is 0.418 e. The summed E-state index contributed by atoms with van der Waals surface area (Å²) < 4.78 is 38.1. The van der Waals surface area contributed by atoms with Gasteiger partial charge in [-0.3, -0.25) is 4.98 Å². The Balaban J connectivity index is 2.62. The molecule has 0 spiro atoms. The molecule has 0 atom stereocenters. The highest BCUT2D eigenvalue weighted by molar-refractivity contribution is 7.13. The second-order valence-corrected chi connectivity index (χ2v) is 4.12. The van der Waals surface area contributed by atoms with E-state index in [1.54, 1.807) is 0 Å². The van der Waals surface area contributed by atoms with Crippen molar-refractivity contribution in [3.63, 3.8) is 0 Å². The smallest absolute Gasteiger partial charge is 0.252 e. The van der Waals surface area contributed by atoms with Crippen LogP contribution in [-0.4, -0.2) is 9.97 Å². The monoisotopic (exact) mass is 263 g/mol. The van der Waals surface area contributed by atoms with Crippen molar-refractivity contribution in [3.8, 4) is 10.7 Å². The van der Waals surface area contributed by atoms with Crippen LogP contribution in [0.25, 0.3) is 10.7 Å². The molecule has 7 heteroatoms. The second kappa shape index (κ2) is 4.03. The summed E-state index contributed by atoms with van der Waals surface area (Å²) in [5.74, 6) is 0. The zero-order valence-corrected chi connectivity index (χ0v) is 9.12. The predicted molar refractivity (Wildman–Crippen MR) is 54.2 cm³/mol. The van der Waals surface area contributed by atoms with Crippen molar-refractivity contribution in [2.45, 2.75) is 6.18 Å². The Kier molecular flexibility index (Phi) is 2.86. The average molecular weight is 264 g/mol. The Bertz CT molecular complexity index is 496. The van der Waals surface area contributed by atoms with E-state index in [-0.39, 0.29) is 15.7 Å². The van der Waals surface area contributed by atoms with E-state index in [4.69, 9.17) is 11.6 Å². The summed E-state index contributed by atoms with van der Waals surface area (Å²) in [6.45, 7) is 0. The van der Waals surface area contributed by atoms with Crippen molar-refractivity contribution >= 4 is 22.9 Å². The molecular weight excluding hydrogens is 261 g/mol. The number of nitrogens with zero attached hydrogens (tertiary/aromatic N) is 2. The van der Waals surface area contributed by atoms with Crippen LogP contribution in [0.4, 0.5) is 13.2 Å². The first-order valence-electron chi connectivity index (χ1n) is 4.03. The molecule has 0 fully saturated rings. The third-order valence-electron chi connectivity index (χ3n) is 1.75. The second-order valence-electron chi connectivity index (χ2n) is 2.83. The number of pyridine rings is 1. The van der Waals surface area contributed by atoms with Crippen LogP contribution in [0.5, 0.6) is 0 Å². The van der Waals surface area contributed by atoms with E-state index in [9.17, 15) is 13.2 Å². The quantitative estimate of drug-likeness (QED) is 0.784. The minimum absolute atomic E-state index is 0.0587. The molecule has 2 nitrogen and oxygen atoms in total. The lowest BCUT2D eigenvalue weighted by Gasteiger charge is -2.10. The van der Waals surface area contributed by atoms with E-state index < -0.39 is 11.7 Å². The molecule has 0 amide bonds. The molecule has 0 saturated heterocycles. The Morgan fingerprint density at radius 3 is 2.69 bits per heavy atom. The van der Waals surface area contributed by atoms with Gasteiger partial charge in [0.1, 0.15) is 16.9 Å². The van der Waals surface area contributed by atoms with Gasteiger partial charge in [-0.05, 0) is 6.07 Å². The Morgan fingerprint density at radius 2 is 2.12 bits per heavy atom. The van der Waals surface area contributed by atoms with Gasteiger partial charge in [0, 0.05) is 11.6 Å². The lowest BCUT2D eigenvalue weighted by molar-refractivity contribution is -0.137. The van der Waals surface area contributed by atoms with E-state index in [1.807, 2.05) is 0 Å². The van der Waals surface area contributed by atoms with Gasteiger partial charge in [-0.25, -0.2) is 4.98 Å². The summed E-state index contributed by atoms with van der Waals surface area (Å²) in [7, 11) is 0. The minimum atomic E-state index is -4.50. The highest BCUT2D eigenvalue weighted by Crippen LogP contribution is 2.37. The fourth-order valence-corrected chi connectivity index (χ4v) is 1.88. The summed E-state index contributed by atoms with van der Waals surface area (Å²) in [4.78, 5) is 7.34. The fraction of sp³-hybridized carbons (Fsp3) is 0.111. The van der Waals surface area contributed by atoms with Crippen LogP contribution in [0.3, 0.4) is 0 Å². The van der Waals surface area contributed by atoms with Gasteiger partial charge in [0.15, 0.2) is 0 Å². The van der Waals surface area contributed by atoms with Gasteiger partial charge in [0.05, 0.1) is 10.6 Å². The van der Waals surface area contributed by atoms with Gasteiger partial charge in [-0.2, -0.15) is 13.2 Å². The van der Waals surface area contributed by atoms with Crippen molar-refractivity contribution in [1.82, 2.24) is 9.97 Å². The van der Waals surface area contributed by atoms with Crippen molar-refractivity contribution < 1.29 is 13.2 Å². The van der Waals surface area contributed by atoms with Crippen LogP contribution in [0.1, 0.15) is 5.56 Å². The molecular formula is C9H3ClF3N2S.